The number of nitrogens with two attached hydrogens (primary N) is 1. The number of para-hydroxylation sites is 1. The lowest BCUT2D eigenvalue weighted by Gasteiger charge is -2.25. The number of nitrogen functional groups attached to an aromatic ring is 1. The fourth-order valence-electron chi connectivity index (χ4n) is 2.03. The Labute approximate surface area is 79.4 Å². The van der Waals surface area contributed by atoms with Crippen molar-refractivity contribution < 1.29 is 0 Å². The molecule has 1 aliphatic rings. The van der Waals surface area contributed by atoms with Gasteiger partial charge in [0.15, 0.2) is 0 Å². The van der Waals surface area contributed by atoms with Crippen molar-refractivity contribution in [3.05, 3.63) is 23.8 Å². The van der Waals surface area contributed by atoms with Crippen LogP contribution in [0, 0.1) is 0 Å². The second-order valence-electron chi connectivity index (χ2n) is 3.89. The van der Waals surface area contributed by atoms with Gasteiger partial charge in [0.1, 0.15) is 0 Å². The molecule has 1 aromatic rings. The van der Waals surface area contributed by atoms with Gasteiger partial charge in [0.25, 0.3) is 0 Å². The van der Waals surface area contributed by atoms with Crippen LogP contribution >= 0.6 is 0 Å². The van der Waals surface area contributed by atoms with E-state index < -0.39 is 0 Å². The van der Waals surface area contributed by atoms with E-state index in [1.807, 2.05) is 12.1 Å². The van der Waals surface area contributed by atoms with Crippen molar-refractivity contribution in [2.45, 2.75) is 26.3 Å². The van der Waals surface area contributed by atoms with Crippen LogP contribution in [0.3, 0.4) is 0 Å². The molecule has 13 heavy (non-hydrogen) atoms. The first-order chi connectivity index (χ1) is 6.20. The minimum absolute atomic E-state index is 0.547. The number of fused-ring (bicyclic) bond motifs is 1. The van der Waals surface area contributed by atoms with Crippen LogP contribution in [0.15, 0.2) is 18.2 Å². The van der Waals surface area contributed by atoms with Crippen LogP contribution in [-0.4, -0.2) is 12.6 Å². The number of hydrogen-bond acceptors (Lipinski definition) is 2. The Morgan fingerprint density at radius 2 is 2.15 bits per heavy atom. The Bertz CT molecular complexity index is 318. The first-order valence-electron chi connectivity index (χ1n) is 4.84. The Hall–Kier alpha value is -1.18. The Morgan fingerprint density at radius 1 is 1.38 bits per heavy atom. The summed E-state index contributed by atoms with van der Waals surface area (Å²) in [7, 11) is 0. The highest BCUT2D eigenvalue weighted by Gasteiger charge is 2.22. The highest BCUT2D eigenvalue weighted by atomic mass is 15.2. The van der Waals surface area contributed by atoms with Crippen LogP contribution < -0.4 is 10.6 Å². The van der Waals surface area contributed by atoms with E-state index in [2.05, 4.69) is 24.8 Å². The van der Waals surface area contributed by atoms with Crippen molar-refractivity contribution in [2.75, 3.05) is 17.2 Å². The zero-order valence-electron chi connectivity index (χ0n) is 8.25. The third kappa shape index (κ3) is 1.26. The van der Waals surface area contributed by atoms with Gasteiger partial charge in [0.05, 0.1) is 11.4 Å². The molecule has 2 rings (SSSR count). The molecule has 2 heteroatoms. The number of hydrogen-bond donors (Lipinski definition) is 1. The molecule has 0 aromatic heterocycles. The molecule has 1 aromatic carbocycles. The quantitative estimate of drug-likeness (QED) is 0.663. The average Bonchev–Trinajstić information content (AvgIpc) is 2.49. The summed E-state index contributed by atoms with van der Waals surface area (Å²) in [6, 6.07) is 6.75. The van der Waals surface area contributed by atoms with E-state index in [9.17, 15) is 0 Å². The van der Waals surface area contributed by atoms with E-state index in [4.69, 9.17) is 5.73 Å². The van der Waals surface area contributed by atoms with Crippen molar-refractivity contribution >= 4 is 11.4 Å². The predicted molar refractivity (Wildman–Crippen MR) is 57.0 cm³/mol. The summed E-state index contributed by atoms with van der Waals surface area (Å²) >= 11 is 0. The van der Waals surface area contributed by atoms with Gasteiger partial charge in [-0.1, -0.05) is 12.1 Å². The van der Waals surface area contributed by atoms with E-state index in [0.717, 1.165) is 18.7 Å². The van der Waals surface area contributed by atoms with Gasteiger partial charge in [-0.3, -0.25) is 0 Å². The molecule has 70 valence electrons. The summed E-state index contributed by atoms with van der Waals surface area (Å²) in [5.74, 6) is 0. The Balaban J connectivity index is 2.46. The number of anilines is 2. The highest BCUT2D eigenvalue weighted by Crippen LogP contribution is 2.34. The van der Waals surface area contributed by atoms with Crippen LogP contribution in [0.5, 0.6) is 0 Å². The van der Waals surface area contributed by atoms with Crippen molar-refractivity contribution in [1.29, 1.82) is 0 Å². The van der Waals surface area contributed by atoms with E-state index in [-0.39, 0.29) is 0 Å². The maximum absolute atomic E-state index is 5.96. The number of rotatable bonds is 1. The average molecular weight is 176 g/mol. The zero-order valence-corrected chi connectivity index (χ0v) is 8.25. The van der Waals surface area contributed by atoms with Crippen LogP contribution in [0.1, 0.15) is 19.4 Å². The first-order valence-corrected chi connectivity index (χ1v) is 4.84. The van der Waals surface area contributed by atoms with Gasteiger partial charge in [-0.2, -0.15) is 0 Å². The monoisotopic (exact) mass is 176 g/mol. The fraction of sp³-hybridized carbons (Fsp3) is 0.455. The molecule has 0 spiro atoms. The lowest BCUT2D eigenvalue weighted by molar-refractivity contribution is 0.711. The number of benzene rings is 1. The summed E-state index contributed by atoms with van der Waals surface area (Å²) in [4.78, 5) is 2.38. The summed E-state index contributed by atoms with van der Waals surface area (Å²) < 4.78 is 0. The van der Waals surface area contributed by atoms with Crippen molar-refractivity contribution in [2.24, 2.45) is 0 Å². The molecule has 0 aliphatic carbocycles. The summed E-state index contributed by atoms with van der Waals surface area (Å²) in [6.07, 6.45) is 1.14. The zero-order chi connectivity index (χ0) is 9.42. The third-order valence-electron chi connectivity index (χ3n) is 2.68. The predicted octanol–water partition coefficient (Wildman–Crippen LogP) is 2.04. The minimum Gasteiger partial charge on any atom is -0.397 e. The second-order valence-corrected chi connectivity index (χ2v) is 3.89. The molecular formula is C11H16N2. The highest BCUT2D eigenvalue weighted by molar-refractivity contribution is 5.74. The van der Waals surface area contributed by atoms with E-state index in [1.165, 1.54) is 11.3 Å². The second kappa shape index (κ2) is 2.95. The van der Waals surface area contributed by atoms with Gasteiger partial charge in [-0.05, 0) is 31.9 Å². The fourth-order valence-corrected chi connectivity index (χ4v) is 2.03. The van der Waals surface area contributed by atoms with E-state index >= 15 is 0 Å². The standard InChI is InChI=1S/C11H16N2/c1-8(2)13-7-6-9-4-3-5-10(12)11(9)13/h3-5,8H,6-7,12H2,1-2H3. The first kappa shape index (κ1) is 8.42. The maximum Gasteiger partial charge on any atom is 0.0635 e. The van der Waals surface area contributed by atoms with Gasteiger partial charge in [-0.15, -0.1) is 0 Å². The summed E-state index contributed by atoms with van der Waals surface area (Å²) in [5.41, 5.74) is 9.54. The molecule has 1 heterocycles. The molecule has 0 unspecified atom stereocenters. The third-order valence-corrected chi connectivity index (χ3v) is 2.68. The molecule has 0 radical (unpaired) electrons. The smallest absolute Gasteiger partial charge is 0.0635 e. The van der Waals surface area contributed by atoms with Gasteiger partial charge in [0.2, 0.25) is 0 Å². The normalized spacial score (nSPS) is 15.2. The molecule has 2 nitrogen and oxygen atoms in total. The van der Waals surface area contributed by atoms with Gasteiger partial charge < -0.3 is 10.6 Å². The number of nitrogens with zero attached hydrogens (tertiary/aromatic N) is 1. The summed E-state index contributed by atoms with van der Waals surface area (Å²) in [6.45, 7) is 5.53. The molecule has 0 bridgehead atoms. The van der Waals surface area contributed by atoms with Crippen LogP contribution in [0.4, 0.5) is 11.4 Å². The van der Waals surface area contributed by atoms with Crippen LogP contribution in [0.2, 0.25) is 0 Å². The lowest BCUT2D eigenvalue weighted by Crippen LogP contribution is -2.28. The minimum atomic E-state index is 0.547. The molecule has 0 amide bonds. The maximum atomic E-state index is 5.96. The Kier molecular flexibility index (Phi) is 1.91. The largest absolute Gasteiger partial charge is 0.397 e. The summed E-state index contributed by atoms with van der Waals surface area (Å²) in [5, 5.41) is 0. The molecule has 1 aliphatic heterocycles. The van der Waals surface area contributed by atoms with Crippen molar-refractivity contribution in [1.82, 2.24) is 0 Å². The van der Waals surface area contributed by atoms with E-state index in [1.54, 1.807) is 0 Å². The molecular weight excluding hydrogens is 160 g/mol. The van der Waals surface area contributed by atoms with Crippen LogP contribution in [-0.2, 0) is 6.42 Å². The van der Waals surface area contributed by atoms with Crippen molar-refractivity contribution in [3.8, 4) is 0 Å². The van der Waals surface area contributed by atoms with Gasteiger partial charge >= 0.3 is 0 Å². The molecule has 0 saturated heterocycles. The molecule has 0 atom stereocenters. The van der Waals surface area contributed by atoms with E-state index in [0.29, 0.717) is 6.04 Å². The molecule has 0 saturated carbocycles. The SMILES string of the molecule is CC(C)N1CCc2cccc(N)c21. The lowest BCUT2D eigenvalue weighted by atomic mass is 10.1. The Morgan fingerprint density at radius 3 is 2.85 bits per heavy atom. The van der Waals surface area contributed by atoms with Crippen molar-refractivity contribution in [3.63, 3.8) is 0 Å². The molecule has 2 N–H and O–H groups in total. The van der Waals surface area contributed by atoms with Crippen LogP contribution in [0.25, 0.3) is 0 Å². The topological polar surface area (TPSA) is 29.3 Å². The van der Waals surface area contributed by atoms with Gasteiger partial charge in [0, 0.05) is 12.6 Å². The van der Waals surface area contributed by atoms with Gasteiger partial charge in [-0.25, -0.2) is 0 Å². The molecule has 0 fully saturated rings.